The fourth-order valence-electron chi connectivity index (χ4n) is 2.43. The van der Waals surface area contributed by atoms with E-state index in [2.05, 4.69) is 11.6 Å². The molecule has 0 radical (unpaired) electrons. The molecule has 2 rings (SSSR count). The average Bonchev–Trinajstić information content (AvgIpc) is 2.52. The van der Waals surface area contributed by atoms with Gasteiger partial charge in [0.15, 0.2) is 0 Å². The topological polar surface area (TPSA) is 46.2 Å². The Balaban J connectivity index is 2.26. The normalized spacial score (nSPS) is 13.0. The van der Waals surface area contributed by atoms with E-state index in [1.165, 1.54) is 0 Å². The first-order valence-corrected chi connectivity index (χ1v) is 9.15. The van der Waals surface area contributed by atoms with E-state index in [1.54, 1.807) is 18.2 Å². The van der Waals surface area contributed by atoms with Crippen molar-refractivity contribution in [2.45, 2.75) is 44.0 Å². The average molecular weight is 317 g/mol. The van der Waals surface area contributed by atoms with E-state index in [0.29, 0.717) is 4.90 Å². The van der Waals surface area contributed by atoms with Crippen LogP contribution in [0.15, 0.2) is 59.5 Å². The maximum absolute atomic E-state index is 12.6. The molecule has 0 saturated carbocycles. The summed E-state index contributed by atoms with van der Waals surface area (Å²) < 4.78 is 28.1. The number of unbranched alkanes of at least 4 members (excludes halogenated alkanes) is 1. The summed E-state index contributed by atoms with van der Waals surface area (Å²) in [6.07, 6.45) is 2.82. The van der Waals surface area contributed by atoms with Crippen molar-refractivity contribution in [3.8, 4) is 0 Å². The molecule has 22 heavy (non-hydrogen) atoms. The van der Waals surface area contributed by atoms with Crippen LogP contribution in [-0.4, -0.2) is 8.42 Å². The first kappa shape index (κ1) is 16.7. The second-order valence-electron chi connectivity index (χ2n) is 5.54. The van der Waals surface area contributed by atoms with Crippen molar-refractivity contribution >= 4 is 10.0 Å². The number of benzene rings is 2. The second kappa shape index (κ2) is 7.56. The molecule has 4 heteroatoms. The van der Waals surface area contributed by atoms with Gasteiger partial charge in [-0.25, -0.2) is 13.1 Å². The Labute approximate surface area is 133 Å². The van der Waals surface area contributed by atoms with Gasteiger partial charge in [0, 0.05) is 6.04 Å². The van der Waals surface area contributed by atoms with Crippen LogP contribution in [0.4, 0.5) is 0 Å². The second-order valence-corrected chi connectivity index (χ2v) is 7.26. The lowest BCUT2D eigenvalue weighted by atomic mass is 10.0. The van der Waals surface area contributed by atoms with Crippen LogP contribution in [0.5, 0.6) is 0 Å². The van der Waals surface area contributed by atoms with E-state index in [1.807, 2.05) is 43.3 Å². The maximum Gasteiger partial charge on any atom is 0.241 e. The molecular formula is C18H23NO2S. The number of sulfonamides is 1. The standard InChI is InChI=1S/C18H23NO2S/c1-3-4-13-18(16-10-6-5-7-11-16)19-22(20,21)17-12-8-9-15(2)14-17/h5-12,14,18-19H,3-4,13H2,1-2H3. The van der Waals surface area contributed by atoms with E-state index >= 15 is 0 Å². The molecule has 0 spiro atoms. The van der Waals surface area contributed by atoms with Crippen molar-refractivity contribution in [1.29, 1.82) is 0 Å². The van der Waals surface area contributed by atoms with Gasteiger partial charge in [0.25, 0.3) is 0 Å². The Morgan fingerprint density at radius 2 is 1.77 bits per heavy atom. The van der Waals surface area contributed by atoms with Gasteiger partial charge < -0.3 is 0 Å². The van der Waals surface area contributed by atoms with Gasteiger partial charge in [0.2, 0.25) is 10.0 Å². The first-order chi connectivity index (χ1) is 10.5. The molecule has 0 aliphatic carbocycles. The quantitative estimate of drug-likeness (QED) is 0.831. The molecule has 0 aliphatic rings. The molecule has 0 heterocycles. The Bertz CT molecular complexity index is 696. The van der Waals surface area contributed by atoms with Gasteiger partial charge in [-0.1, -0.05) is 62.2 Å². The van der Waals surface area contributed by atoms with E-state index in [-0.39, 0.29) is 6.04 Å². The van der Waals surface area contributed by atoms with E-state index in [4.69, 9.17) is 0 Å². The van der Waals surface area contributed by atoms with Gasteiger partial charge in [-0.05, 0) is 36.6 Å². The summed E-state index contributed by atoms with van der Waals surface area (Å²) in [5.41, 5.74) is 1.94. The summed E-state index contributed by atoms with van der Waals surface area (Å²) in [6.45, 7) is 4.00. The number of nitrogens with one attached hydrogen (secondary N) is 1. The van der Waals surface area contributed by atoms with Crippen molar-refractivity contribution in [2.75, 3.05) is 0 Å². The third-order valence-corrected chi connectivity index (χ3v) is 5.11. The lowest BCUT2D eigenvalue weighted by Gasteiger charge is -2.19. The van der Waals surface area contributed by atoms with Crippen LogP contribution >= 0.6 is 0 Å². The molecule has 118 valence electrons. The van der Waals surface area contributed by atoms with Gasteiger partial charge in [-0.2, -0.15) is 0 Å². The Morgan fingerprint density at radius 3 is 2.41 bits per heavy atom. The van der Waals surface area contributed by atoms with E-state index in [0.717, 1.165) is 30.4 Å². The van der Waals surface area contributed by atoms with Crippen molar-refractivity contribution in [2.24, 2.45) is 0 Å². The van der Waals surface area contributed by atoms with Crippen molar-refractivity contribution in [3.63, 3.8) is 0 Å². The monoisotopic (exact) mass is 317 g/mol. The number of aryl methyl sites for hydroxylation is 1. The highest BCUT2D eigenvalue weighted by atomic mass is 32.2. The Hall–Kier alpha value is -1.65. The van der Waals surface area contributed by atoms with Crippen LogP contribution in [0.25, 0.3) is 0 Å². The summed E-state index contributed by atoms with van der Waals surface area (Å²) in [7, 11) is -3.51. The lowest BCUT2D eigenvalue weighted by molar-refractivity contribution is 0.525. The molecule has 2 aromatic rings. The van der Waals surface area contributed by atoms with Crippen LogP contribution in [-0.2, 0) is 10.0 Å². The van der Waals surface area contributed by atoms with Gasteiger partial charge in [-0.3, -0.25) is 0 Å². The number of hydrogen-bond acceptors (Lipinski definition) is 2. The SMILES string of the molecule is CCCCC(NS(=O)(=O)c1cccc(C)c1)c1ccccc1. The minimum atomic E-state index is -3.51. The molecule has 0 fully saturated rings. The molecule has 1 atom stereocenters. The highest BCUT2D eigenvalue weighted by molar-refractivity contribution is 7.89. The smallest absolute Gasteiger partial charge is 0.207 e. The van der Waals surface area contributed by atoms with E-state index in [9.17, 15) is 8.42 Å². The predicted octanol–water partition coefficient (Wildman–Crippen LogP) is 4.20. The van der Waals surface area contributed by atoms with Crippen molar-refractivity contribution < 1.29 is 8.42 Å². The van der Waals surface area contributed by atoms with Crippen LogP contribution in [0.1, 0.15) is 43.4 Å². The fraction of sp³-hybridized carbons (Fsp3) is 0.333. The van der Waals surface area contributed by atoms with Crippen LogP contribution in [0.2, 0.25) is 0 Å². The molecule has 0 aromatic heterocycles. The molecule has 0 bridgehead atoms. The Morgan fingerprint density at radius 1 is 1.05 bits per heavy atom. The zero-order valence-electron chi connectivity index (χ0n) is 13.1. The summed E-state index contributed by atoms with van der Waals surface area (Å²) >= 11 is 0. The molecule has 0 saturated heterocycles. The first-order valence-electron chi connectivity index (χ1n) is 7.67. The molecule has 3 nitrogen and oxygen atoms in total. The Kier molecular flexibility index (Phi) is 5.75. The fourth-order valence-corrected chi connectivity index (χ4v) is 3.79. The molecule has 0 aliphatic heterocycles. The third kappa shape index (κ3) is 4.42. The lowest BCUT2D eigenvalue weighted by Crippen LogP contribution is -2.28. The summed E-state index contributed by atoms with van der Waals surface area (Å²) in [6, 6.07) is 16.6. The molecule has 0 amide bonds. The van der Waals surface area contributed by atoms with Gasteiger partial charge in [0.05, 0.1) is 4.90 Å². The van der Waals surface area contributed by atoms with Crippen molar-refractivity contribution in [3.05, 3.63) is 65.7 Å². The summed E-state index contributed by atoms with van der Waals surface area (Å²) in [4.78, 5) is 0.324. The highest BCUT2D eigenvalue weighted by Crippen LogP contribution is 2.22. The third-order valence-electron chi connectivity index (χ3n) is 3.65. The van der Waals surface area contributed by atoms with Crippen LogP contribution < -0.4 is 4.72 Å². The zero-order chi connectivity index (χ0) is 16.0. The minimum absolute atomic E-state index is 0.188. The summed E-state index contributed by atoms with van der Waals surface area (Å²) in [5, 5.41) is 0. The highest BCUT2D eigenvalue weighted by Gasteiger charge is 2.21. The van der Waals surface area contributed by atoms with Crippen molar-refractivity contribution in [1.82, 2.24) is 4.72 Å². The van der Waals surface area contributed by atoms with Crippen LogP contribution in [0, 0.1) is 6.92 Å². The number of hydrogen-bond donors (Lipinski definition) is 1. The van der Waals surface area contributed by atoms with Crippen LogP contribution in [0.3, 0.4) is 0 Å². The zero-order valence-corrected chi connectivity index (χ0v) is 13.9. The van der Waals surface area contributed by atoms with Gasteiger partial charge >= 0.3 is 0 Å². The molecule has 2 aromatic carbocycles. The number of rotatable bonds is 7. The molecule has 1 N–H and O–H groups in total. The largest absolute Gasteiger partial charge is 0.241 e. The van der Waals surface area contributed by atoms with Gasteiger partial charge in [-0.15, -0.1) is 0 Å². The maximum atomic E-state index is 12.6. The predicted molar refractivity (Wildman–Crippen MR) is 90.2 cm³/mol. The molecule has 1 unspecified atom stereocenters. The van der Waals surface area contributed by atoms with E-state index < -0.39 is 10.0 Å². The minimum Gasteiger partial charge on any atom is -0.207 e. The molecular weight excluding hydrogens is 294 g/mol. The summed E-state index contributed by atoms with van der Waals surface area (Å²) in [5.74, 6) is 0. The van der Waals surface area contributed by atoms with Gasteiger partial charge in [0.1, 0.15) is 0 Å².